The van der Waals surface area contributed by atoms with Gasteiger partial charge in [-0.2, -0.15) is 5.26 Å². The molecule has 6 rings (SSSR count). The molecular formula is C27H28N4O3. The minimum atomic E-state index is -0.520. The van der Waals surface area contributed by atoms with Crippen LogP contribution in [0.2, 0.25) is 0 Å². The first-order valence-electron chi connectivity index (χ1n) is 12.2. The number of piperidine rings is 1. The predicted octanol–water partition coefficient (Wildman–Crippen LogP) is 3.14. The summed E-state index contributed by atoms with van der Waals surface area (Å²) in [7, 11) is 0. The fraction of sp³-hybridized carbons (Fsp3) is 0.444. The van der Waals surface area contributed by atoms with Gasteiger partial charge in [0.1, 0.15) is 12.4 Å². The molecule has 0 radical (unpaired) electrons. The van der Waals surface area contributed by atoms with Crippen molar-refractivity contribution in [3.05, 3.63) is 58.7 Å². The van der Waals surface area contributed by atoms with Crippen molar-refractivity contribution in [2.75, 3.05) is 38.1 Å². The van der Waals surface area contributed by atoms with Gasteiger partial charge in [-0.05, 0) is 85.8 Å². The molecule has 2 amide bonds. The van der Waals surface area contributed by atoms with Gasteiger partial charge in [0.25, 0.3) is 0 Å². The van der Waals surface area contributed by atoms with E-state index in [0.29, 0.717) is 18.6 Å². The summed E-state index contributed by atoms with van der Waals surface area (Å²) in [4.78, 5) is 29.3. The largest absolute Gasteiger partial charge is 0.492 e. The lowest BCUT2D eigenvalue weighted by Gasteiger charge is -2.38. The highest BCUT2D eigenvalue weighted by atomic mass is 16.5. The molecule has 0 aromatic heterocycles. The maximum atomic E-state index is 12.9. The van der Waals surface area contributed by atoms with Gasteiger partial charge in [-0.1, -0.05) is 6.07 Å². The monoisotopic (exact) mass is 456 g/mol. The molecule has 0 unspecified atom stereocenters. The number of hydrogen-bond acceptors (Lipinski definition) is 5. The summed E-state index contributed by atoms with van der Waals surface area (Å²) in [5.41, 5.74) is 4.48. The van der Waals surface area contributed by atoms with Gasteiger partial charge in [-0.3, -0.25) is 14.5 Å². The Kier molecular flexibility index (Phi) is 5.07. The normalized spacial score (nSPS) is 22.7. The van der Waals surface area contributed by atoms with Crippen LogP contribution in [0.25, 0.3) is 0 Å². The Morgan fingerprint density at radius 3 is 2.76 bits per heavy atom. The number of ether oxygens (including phenoxy) is 1. The minimum absolute atomic E-state index is 0.0603. The standard InChI is InChI=1S/C27H28N4O3/c28-17-18-1-4-23-22(15-18)27(26(33)29-23)8-11-30(12-9-27)13-14-34-20-2-3-21-19(16-20)7-10-31-24(21)5-6-25(31)32/h1-4,15-16,24H,5-14H2,(H,29,33)/t24-/m1/s1. The van der Waals surface area contributed by atoms with Crippen LogP contribution in [0.5, 0.6) is 5.75 Å². The molecule has 2 aromatic carbocycles. The van der Waals surface area contributed by atoms with E-state index < -0.39 is 5.41 Å². The van der Waals surface area contributed by atoms with Crippen molar-refractivity contribution in [2.45, 2.75) is 43.6 Å². The van der Waals surface area contributed by atoms with Crippen LogP contribution in [-0.2, 0) is 21.4 Å². The highest BCUT2D eigenvalue weighted by molar-refractivity contribution is 6.06. The molecule has 1 spiro atoms. The first kappa shape index (κ1) is 21.2. The van der Waals surface area contributed by atoms with E-state index in [1.54, 1.807) is 6.07 Å². The van der Waals surface area contributed by atoms with Crippen molar-refractivity contribution >= 4 is 17.5 Å². The van der Waals surface area contributed by atoms with Crippen molar-refractivity contribution in [3.63, 3.8) is 0 Å². The Morgan fingerprint density at radius 2 is 1.94 bits per heavy atom. The minimum Gasteiger partial charge on any atom is -0.492 e. The SMILES string of the molecule is N#Cc1ccc2c(c1)C1(CCN(CCOc3ccc4c(c3)CCN3C(=O)CC[C@H]43)CC1)C(=O)N2. The van der Waals surface area contributed by atoms with Gasteiger partial charge < -0.3 is 15.0 Å². The van der Waals surface area contributed by atoms with Gasteiger partial charge >= 0.3 is 0 Å². The molecule has 4 heterocycles. The predicted molar refractivity (Wildman–Crippen MR) is 126 cm³/mol. The van der Waals surface area contributed by atoms with Crippen LogP contribution in [-0.4, -0.2) is 54.4 Å². The Labute approximate surface area is 199 Å². The molecule has 7 heteroatoms. The smallest absolute Gasteiger partial charge is 0.235 e. The molecule has 2 fully saturated rings. The van der Waals surface area contributed by atoms with E-state index in [-0.39, 0.29) is 17.9 Å². The van der Waals surface area contributed by atoms with E-state index in [0.717, 1.165) is 68.9 Å². The molecule has 1 N–H and O–H groups in total. The van der Waals surface area contributed by atoms with Crippen molar-refractivity contribution in [3.8, 4) is 11.8 Å². The number of carbonyl (C=O) groups is 2. The number of anilines is 1. The summed E-state index contributed by atoms with van der Waals surface area (Å²) in [5.74, 6) is 1.23. The summed E-state index contributed by atoms with van der Waals surface area (Å²) in [6.07, 6.45) is 3.96. The molecule has 4 aliphatic heterocycles. The molecule has 0 saturated carbocycles. The third kappa shape index (κ3) is 3.36. The molecule has 7 nitrogen and oxygen atoms in total. The summed E-state index contributed by atoms with van der Waals surface area (Å²) >= 11 is 0. The van der Waals surface area contributed by atoms with Crippen LogP contribution in [0.1, 0.15) is 54.0 Å². The quantitative estimate of drug-likeness (QED) is 0.764. The first-order chi connectivity index (χ1) is 16.6. The van der Waals surface area contributed by atoms with Crippen molar-refractivity contribution in [1.82, 2.24) is 9.80 Å². The average Bonchev–Trinajstić information content (AvgIpc) is 3.37. The number of benzene rings is 2. The van der Waals surface area contributed by atoms with E-state index in [1.165, 1.54) is 11.1 Å². The Morgan fingerprint density at radius 1 is 1.09 bits per heavy atom. The third-order valence-corrected chi connectivity index (χ3v) is 8.16. The zero-order chi connectivity index (χ0) is 23.3. The summed E-state index contributed by atoms with van der Waals surface area (Å²) in [6, 6.07) is 14.2. The van der Waals surface area contributed by atoms with Crippen LogP contribution in [0.3, 0.4) is 0 Å². The van der Waals surface area contributed by atoms with Crippen LogP contribution in [0, 0.1) is 11.3 Å². The molecule has 2 aromatic rings. The molecule has 2 saturated heterocycles. The highest BCUT2D eigenvalue weighted by Crippen LogP contribution is 2.45. The van der Waals surface area contributed by atoms with E-state index in [2.05, 4.69) is 28.4 Å². The second-order valence-electron chi connectivity index (χ2n) is 9.85. The lowest BCUT2D eigenvalue weighted by molar-refractivity contribution is -0.129. The summed E-state index contributed by atoms with van der Waals surface area (Å²) < 4.78 is 6.09. The Hall–Kier alpha value is -3.37. The Bertz CT molecular complexity index is 1210. The fourth-order valence-corrected chi connectivity index (χ4v) is 6.22. The van der Waals surface area contributed by atoms with Crippen molar-refractivity contribution in [2.24, 2.45) is 0 Å². The van der Waals surface area contributed by atoms with Gasteiger partial charge in [0.05, 0.1) is 23.1 Å². The number of hydrogen-bond donors (Lipinski definition) is 1. The number of amides is 2. The molecule has 174 valence electrons. The van der Waals surface area contributed by atoms with Gasteiger partial charge in [-0.15, -0.1) is 0 Å². The number of nitrogens with one attached hydrogen (secondary N) is 1. The molecule has 0 bridgehead atoms. The summed E-state index contributed by atoms with van der Waals surface area (Å²) in [5, 5.41) is 12.3. The van der Waals surface area contributed by atoms with Crippen LogP contribution in [0.4, 0.5) is 5.69 Å². The van der Waals surface area contributed by atoms with Gasteiger partial charge in [0, 0.05) is 25.2 Å². The van der Waals surface area contributed by atoms with Gasteiger partial charge in [-0.25, -0.2) is 0 Å². The summed E-state index contributed by atoms with van der Waals surface area (Å²) in [6.45, 7) is 3.86. The molecular weight excluding hydrogens is 428 g/mol. The van der Waals surface area contributed by atoms with Gasteiger partial charge in [0.2, 0.25) is 11.8 Å². The first-order valence-corrected chi connectivity index (χ1v) is 12.2. The van der Waals surface area contributed by atoms with E-state index in [9.17, 15) is 14.9 Å². The van der Waals surface area contributed by atoms with Gasteiger partial charge in [0.15, 0.2) is 0 Å². The Balaban J connectivity index is 1.05. The average molecular weight is 457 g/mol. The van der Waals surface area contributed by atoms with Crippen molar-refractivity contribution in [1.29, 1.82) is 5.26 Å². The topological polar surface area (TPSA) is 85.7 Å². The van der Waals surface area contributed by atoms with Crippen LogP contribution in [0.15, 0.2) is 36.4 Å². The molecule has 0 aliphatic carbocycles. The second-order valence-corrected chi connectivity index (χ2v) is 9.85. The zero-order valence-corrected chi connectivity index (χ0v) is 19.2. The van der Waals surface area contributed by atoms with Crippen LogP contribution < -0.4 is 10.1 Å². The van der Waals surface area contributed by atoms with E-state index in [4.69, 9.17) is 4.74 Å². The number of nitrogens with zero attached hydrogens (tertiary/aromatic N) is 3. The highest BCUT2D eigenvalue weighted by Gasteiger charge is 2.48. The van der Waals surface area contributed by atoms with E-state index in [1.807, 2.05) is 23.1 Å². The fourth-order valence-electron chi connectivity index (χ4n) is 6.22. The maximum Gasteiger partial charge on any atom is 0.235 e. The molecule has 34 heavy (non-hydrogen) atoms. The molecule has 4 aliphatic rings. The number of fused-ring (bicyclic) bond motifs is 5. The number of nitriles is 1. The molecule has 1 atom stereocenters. The lowest BCUT2D eigenvalue weighted by Crippen LogP contribution is -2.47. The van der Waals surface area contributed by atoms with Crippen LogP contribution >= 0.6 is 0 Å². The third-order valence-electron chi connectivity index (χ3n) is 8.16. The van der Waals surface area contributed by atoms with Crippen molar-refractivity contribution < 1.29 is 14.3 Å². The number of rotatable bonds is 4. The number of carbonyl (C=O) groups excluding carboxylic acids is 2. The number of likely N-dealkylation sites (tertiary alicyclic amines) is 1. The maximum absolute atomic E-state index is 12.9. The second kappa shape index (κ2) is 8.14. The lowest BCUT2D eigenvalue weighted by atomic mass is 9.73. The van der Waals surface area contributed by atoms with E-state index >= 15 is 0 Å². The zero-order valence-electron chi connectivity index (χ0n) is 19.2.